The summed E-state index contributed by atoms with van der Waals surface area (Å²) < 4.78 is 0. The first kappa shape index (κ1) is 21.4. The number of hydrogen-bond donors (Lipinski definition) is 1. The molecule has 2 heterocycles. The van der Waals surface area contributed by atoms with Crippen molar-refractivity contribution in [3.8, 4) is 0 Å². The maximum Gasteiger partial charge on any atom is 0.140 e. The largest absolute Gasteiger partial charge is 0.398 e. The highest BCUT2D eigenvalue weighted by molar-refractivity contribution is 7.19. The summed E-state index contributed by atoms with van der Waals surface area (Å²) in [5.41, 5.74) is 9.25. The Balaban J connectivity index is 1.32. The lowest BCUT2D eigenvalue weighted by molar-refractivity contribution is 0.949. The minimum absolute atomic E-state index is 0.734. The van der Waals surface area contributed by atoms with E-state index in [0.29, 0.717) is 0 Å². The molecule has 6 rings (SSSR count). The molecule has 0 radical (unpaired) electrons. The zero-order valence-electron chi connectivity index (χ0n) is 19.1. The van der Waals surface area contributed by atoms with Crippen LogP contribution in [0, 0.1) is 0 Å². The van der Waals surface area contributed by atoms with Crippen LogP contribution in [0.25, 0.3) is 21.5 Å². The van der Waals surface area contributed by atoms with Crippen molar-refractivity contribution < 1.29 is 0 Å². The molecule has 0 amide bonds. The fourth-order valence-corrected chi connectivity index (χ4v) is 5.40. The molecule has 0 unspecified atom stereocenters. The molecule has 4 aromatic carbocycles. The maximum absolute atomic E-state index is 6.13. The molecule has 6 nitrogen and oxygen atoms in total. The van der Waals surface area contributed by atoms with Crippen molar-refractivity contribution in [3.05, 3.63) is 84.9 Å². The molecular formula is C28H24N6S. The summed E-state index contributed by atoms with van der Waals surface area (Å²) >= 11 is 1.69. The number of nitrogens with two attached hydrogens (primary N) is 1. The maximum atomic E-state index is 6.13. The van der Waals surface area contributed by atoms with Gasteiger partial charge >= 0.3 is 0 Å². The van der Waals surface area contributed by atoms with Gasteiger partial charge in [-0.15, -0.1) is 20.5 Å². The van der Waals surface area contributed by atoms with E-state index >= 15 is 0 Å². The molecule has 7 heteroatoms. The third-order valence-corrected chi connectivity index (χ3v) is 7.36. The Morgan fingerprint density at radius 1 is 0.571 bits per heavy atom. The van der Waals surface area contributed by atoms with Crippen LogP contribution in [-0.2, 0) is 0 Å². The molecule has 1 aliphatic rings. The molecule has 1 saturated heterocycles. The monoisotopic (exact) mass is 476 g/mol. The minimum atomic E-state index is 0.734. The average molecular weight is 477 g/mol. The van der Waals surface area contributed by atoms with Crippen LogP contribution in [0.2, 0.25) is 0 Å². The van der Waals surface area contributed by atoms with E-state index in [1.54, 1.807) is 11.3 Å². The Labute approximate surface area is 207 Å². The van der Waals surface area contributed by atoms with Crippen LogP contribution in [0.4, 0.5) is 32.8 Å². The number of azo groups is 2. The minimum Gasteiger partial charge on any atom is -0.398 e. The fraction of sp³-hybridized carbons (Fsp3) is 0.143. The smallest absolute Gasteiger partial charge is 0.140 e. The quantitative estimate of drug-likeness (QED) is 0.203. The normalized spacial score (nSPS) is 14.2. The molecule has 1 aliphatic heterocycles. The number of anilines is 2. The van der Waals surface area contributed by atoms with E-state index in [2.05, 4.69) is 31.4 Å². The Morgan fingerprint density at radius 3 is 1.71 bits per heavy atom. The Bertz CT molecular complexity index is 1580. The van der Waals surface area contributed by atoms with E-state index in [4.69, 9.17) is 5.73 Å². The Kier molecular flexibility index (Phi) is 5.68. The molecule has 172 valence electrons. The fourth-order valence-electron chi connectivity index (χ4n) is 4.53. The molecule has 0 saturated carbocycles. The highest BCUT2D eigenvalue weighted by atomic mass is 32.1. The van der Waals surface area contributed by atoms with Crippen LogP contribution in [-0.4, -0.2) is 13.1 Å². The van der Waals surface area contributed by atoms with E-state index in [1.165, 1.54) is 17.8 Å². The number of hydrogen-bond acceptors (Lipinski definition) is 7. The summed E-state index contributed by atoms with van der Waals surface area (Å²) in [6.45, 7) is 2.26. The zero-order chi connectivity index (χ0) is 23.6. The lowest BCUT2D eigenvalue weighted by atomic mass is 10.1. The second-order valence-corrected chi connectivity index (χ2v) is 9.62. The average Bonchev–Trinajstić information content (AvgIpc) is 3.60. The van der Waals surface area contributed by atoms with Gasteiger partial charge in [-0.05, 0) is 49.2 Å². The number of thiophene rings is 1. The van der Waals surface area contributed by atoms with Gasteiger partial charge in [0.05, 0.1) is 22.1 Å². The number of benzene rings is 4. The molecule has 5 aromatic rings. The lowest BCUT2D eigenvalue weighted by Gasteiger charge is -2.13. The van der Waals surface area contributed by atoms with E-state index in [-0.39, 0.29) is 0 Å². The molecule has 2 N–H and O–H groups in total. The van der Waals surface area contributed by atoms with Gasteiger partial charge in [-0.3, -0.25) is 0 Å². The van der Waals surface area contributed by atoms with Crippen molar-refractivity contribution >= 4 is 65.6 Å². The molecule has 0 atom stereocenters. The SMILES string of the molecule is Nc1ccc(N=Nc2ccc(N=Nc3ccc(N4CCCC4)s3)c3ccccc23)c2ccccc12. The van der Waals surface area contributed by atoms with E-state index in [9.17, 15) is 0 Å². The second kappa shape index (κ2) is 9.27. The Morgan fingerprint density at radius 2 is 1.09 bits per heavy atom. The van der Waals surface area contributed by atoms with Crippen molar-refractivity contribution in [2.75, 3.05) is 23.7 Å². The zero-order valence-corrected chi connectivity index (χ0v) is 19.9. The van der Waals surface area contributed by atoms with Gasteiger partial charge in [0, 0.05) is 40.3 Å². The summed E-state index contributed by atoms with van der Waals surface area (Å²) in [5, 5.41) is 24.4. The van der Waals surface area contributed by atoms with Crippen molar-refractivity contribution in [2.45, 2.75) is 12.8 Å². The molecule has 1 aromatic heterocycles. The predicted octanol–water partition coefficient (Wildman–Crippen LogP) is 9.07. The summed E-state index contributed by atoms with van der Waals surface area (Å²) in [5.74, 6) is 0. The third-order valence-electron chi connectivity index (χ3n) is 6.33. The van der Waals surface area contributed by atoms with Gasteiger partial charge in [0.2, 0.25) is 0 Å². The van der Waals surface area contributed by atoms with Gasteiger partial charge in [0.25, 0.3) is 0 Å². The summed E-state index contributed by atoms with van der Waals surface area (Å²) in [7, 11) is 0. The van der Waals surface area contributed by atoms with Crippen molar-refractivity contribution in [2.24, 2.45) is 20.5 Å². The summed E-state index contributed by atoms with van der Waals surface area (Å²) in [6, 6.07) is 27.9. The summed E-state index contributed by atoms with van der Waals surface area (Å²) in [4.78, 5) is 2.42. The molecule has 35 heavy (non-hydrogen) atoms. The van der Waals surface area contributed by atoms with E-state index < -0.39 is 0 Å². The van der Waals surface area contributed by atoms with Crippen LogP contribution >= 0.6 is 11.3 Å². The van der Waals surface area contributed by atoms with Gasteiger partial charge in [0.15, 0.2) is 0 Å². The topological polar surface area (TPSA) is 78.7 Å². The number of fused-ring (bicyclic) bond motifs is 2. The second-order valence-electron chi connectivity index (χ2n) is 8.57. The Hall–Kier alpha value is -4.10. The number of nitrogens with zero attached hydrogens (tertiary/aromatic N) is 5. The molecule has 0 bridgehead atoms. The first-order valence-corrected chi connectivity index (χ1v) is 12.6. The molecular weight excluding hydrogens is 452 g/mol. The van der Waals surface area contributed by atoms with Crippen LogP contribution in [0.5, 0.6) is 0 Å². The van der Waals surface area contributed by atoms with Gasteiger partial charge < -0.3 is 10.6 Å². The highest BCUT2D eigenvalue weighted by Gasteiger charge is 2.14. The van der Waals surface area contributed by atoms with Gasteiger partial charge in [-0.2, -0.15) is 0 Å². The van der Waals surface area contributed by atoms with Gasteiger partial charge in [0.1, 0.15) is 5.00 Å². The van der Waals surface area contributed by atoms with Crippen LogP contribution in [0.3, 0.4) is 0 Å². The predicted molar refractivity (Wildman–Crippen MR) is 146 cm³/mol. The molecule has 1 fully saturated rings. The first-order valence-electron chi connectivity index (χ1n) is 11.7. The van der Waals surface area contributed by atoms with Gasteiger partial charge in [-0.25, -0.2) is 0 Å². The van der Waals surface area contributed by atoms with E-state index in [1.807, 2.05) is 78.9 Å². The summed E-state index contributed by atoms with van der Waals surface area (Å²) in [6.07, 6.45) is 2.53. The number of rotatable bonds is 5. The van der Waals surface area contributed by atoms with Crippen LogP contribution < -0.4 is 10.6 Å². The van der Waals surface area contributed by atoms with E-state index in [0.717, 1.165) is 62.4 Å². The lowest BCUT2D eigenvalue weighted by Crippen LogP contribution is -2.15. The first-order chi connectivity index (χ1) is 17.3. The standard InChI is InChI=1S/C28H24N6S/c29-23-11-12-24(20-8-2-1-7-19(20)23)30-31-25-13-14-26(22-10-4-3-9-21(22)25)32-33-27-15-16-28(35-27)34-17-5-6-18-34/h1-4,7-16H,5-6,17-18,29H2. The third kappa shape index (κ3) is 4.26. The van der Waals surface area contributed by atoms with Crippen LogP contribution in [0.1, 0.15) is 12.8 Å². The molecule has 0 spiro atoms. The highest BCUT2D eigenvalue weighted by Crippen LogP contribution is 2.38. The number of nitrogen functional groups attached to an aromatic ring is 1. The van der Waals surface area contributed by atoms with Gasteiger partial charge in [-0.1, -0.05) is 59.9 Å². The van der Waals surface area contributed by atoms with Crippen LogP contribution in [0.15, 0.2) is 105 Å². The van der Waals surface area contributed by atoms with Crippen molar-refractivity contribution in [1.82, 2.24) is 0 Å². The van der Waals surface area contributed by atoms with Crippen molar-refractivity contribution in [1.29, 1.82) is 0 Å². The van der Waals surface area contributed by atoms with Crippen molar-refractivity contribution in [3.63, 3.8) is 0 Å². The molecule has 0 aliphatic carbocycles.